The smallest absolute Gasteiger partial charge is 0.261 e. The van der Waals surface area contributed by atoms with E-state index in [-0.39, 0.29) is 5.91 Å². The highest BCUT2D eigenvalue weighted by Gasteiger charge is 2.22. The summed E-state index contributed by atoms with van der Waals surface area (Å²) in [6.45, 7) is 6.12. The van der Waals surface area contributed by atoms with Crippen molar-refractivity contribution < 1.29 is 9.53 Å². The molecule has 1 amide bonds. The molecule has 1 atom stereocenters. The van der Waals surface area contributed by atoms with Gasteiger partial charge in [0, 0.05) is 6.04 Å². The molecule has 0 saturated heterocycles. The van der Waals surface area contributed by atoms with Gasteiger partial charge in [-0.3, -0.25) is 4.79 Å². The van der Waals surface area contributed by atoms with Gasteiger partial charge in [-0.25, -0.2) is 0 Å². The Labute approximate surface area is 140 Å². The van der Waals surface area contributed by atoms with Crippen molar-refractivity contribution in [2.75, 3.05) is 0 Å². The second-order valence-corrected chi connectivity index (χ2v) is 6.76. The van der Waals surface area contributed by atoms with Crippen LogP contribution in [0.15, 0.2) is 18.2 Å². The van der Waals surface area contributed by atoms with Crippen LogP contribution in [-0.4, -0.2) is 18.1 Å². The number of nitrogens with one attached hydrogen (secondary N) is 1. The van der Waals surface area contributed by atoms with Crippen molar-refractivity contribution in [3.05, 3.63) is 29.3 Å². The van der Waals surface area contributed by atoms with Crippen molar-refractivity contribution >= 4 is 5.91 Å². The van der Waals surface area contributed by atoms with Crippen molar-refractivity contribution in [2.24, 2.45) is 0 Å². The van der Waals surface area contributed by atoms with E-state index < -0.39 is 6.10 Å². The fraction of sp³-hybridized carbons (Fsp3) is 0.650. The molecule has 1 N–H and O–H groups in total. The Balaban J connectivity index is 1.96. The summed E-state index contributed by atoms with van der Waals surface area (Å²) in [5, 5.41) is 3.23. The number of benzene rings is 1. The van der Waals surface area contributed by atoms with Gasteiger partial charge in [0.1, 0.15) is 5.75 Å². The lowest BCUT2D eigenvalue weighted by Gasteiger charge is -2.25. The predicted octanol–water partition coefficient (Wildman–Crippen LogP) is 4.69. The quantitative estimate of drug-likeness (QED) is 0.855. The topological polar surface area (TPSA) is 38.3 Å². The van der Waals surface area contributed by atoms with Crippen LogP contribution in [0, 0.1) is 13.8 Å². The molecule has 0 aliphatic heterocycles. The third-order valence-electron chi connectivity index (χ3n) is 4.94. The van der Waals surface area contributed by atoms with Crippen LogP contribution in [0.2, 0.25) is 0 Å². The number of ether oxygens (including phenoxy) is 1. The van der Waals surface area contributed by atoms with Crippen LogP contribution in [0.1, 0.15) is 69.4 Å². The second kappa shape index (κ2) is 8.95. The van der Waals surface area contributed by atoms with Crippen molar-refractivity contribution in [3.63, 3.8) is 0 Å². The number of hydrogen-bond donors (Lipinski definition) is 1. The molecule has 1 fully saturated rings. The molecule has 2 rings (SSSR count). The van der Waals surface area contributed by atoms with E-state index in [9.17, 15) is 4.79 Å². The molecule has 0 aromatic heterocycles. The van der Waals surface area contributed by atoms with E-state index in [4.69, 9.17) is 4.74 Å². The van der Waals surface area contributed by atoms with Crippen molar-refractivity contribution in [2.45, 2.75) is 84.3 Å². The van der Waals surface area contributed by atoms with Crippen LogP contribution in [0.5, 0.6) is 5.75 Å². The molecule has 0 bridgehead atoms. The molecule has 3 nitrogen and oxygen atoms in total. The Hall–Kier alpha value is -1.51. The van der Waals surface area contributed by atoms with Crippen LogP contribution >= 0.6 is 0 Å². The molecule has 0 spiro atoms. The van der Waals surface area contributed by atoms with E-state index >= 15 is 0 Å². The Bertz CT molecular complexity index is 504. The van der Waals surface area contributed by atoms with E-state index in [1.165, 1.54) is 37.7 Å². The molecule has 23 heavy (non-hydrogen) atoms. The number of hydrogen-bond acceptors (Lipinski definition) is 2. The lowest BCUT2D eigenvalue weighted by Crippen LogP contribution is -2.43. The molecular formula is C20H31NO2. The van der Waals surface area contributed by atoms with Gasteiger partial charge < -0.3 is 10.1 Å². The zero-order valence-corrected chi connectivity index (χ0v) is 14.9. The molecule has 3 heteroatoms. The highest BCUT2D eigenvalue weighted by Crippen LogP contribution is 2.23. The summed E-state index contributed by atoms with van der Waals surface area (Å²) < 4.78 is 6.02. The molecule has 0 radical (unpaired) electrons. The van der Waals surface area contributed by atoms with Gasteiger partial charge in [-0.1, -0.05) is 51.2 Å². The summed E-state index contributed by atoms with van der Waals surface area (Å²) in [4.78, 5) is 12.6. The zero-order valence-electron chi connectivity index (χ0n) is 14.9. The summed E-state index contributed by atoms with van der Waals surface area (Å²) in [7, 11) is 0. The molecule has 1 aliphatic rings. The predicted molar refractivity (Wildman–Crippen MR) is 94.9 cm³/mol. The molecule has 1 aromatic rings. The number of amides is 1. The fourth-order valence-electron chi connectivity index (χ4n) is 3.22. The maximum absolute atomic E-state index is 12.6. The third kappa shape index (κ3) is 5.26. The minimum absolute atomic E-state index is 0.0407. The molecule has 128 valence electrons. The van der Waals surface area contributed by atoms with Gasteiger partial charge in [0.05, 0.1) is 0 Å². The molecule has 1 saturated carbocycles. The van der Waals surface area contributed by atoms with E-state index in [1.807, 2.05) is 26.0 Å². The Morgan fingerprint density at radius 1 is 1.17 bits per heavy atom. The van der Waals surface area contributed by atoms with E-state index in [2.05, 4.69) is 18.3 Å². The zero-order chi connectivity index (χ0) is 16.7. The minimum Gasteiger partial charge on any atom is -0.480 e. The van der Waals surface area contributed by atoms with E-state index in [0.29, 0.717) is 12.5 Å². The first kappa shape index (κ1) is 17.8. The van der Waals surface area contributed by atoms with Gasteiger partial charge in [0.25, 0.3) is 5.91 Å². The number of aryl methyl sites for hydroxylation is 1. The second-order valence-electron chi connectivity index (χ2n) is 6.76. The van der Waals surface area contributed by atoms with Crippen LogP contribution in [0.25, 0.3) is 0 Å². The Morgan fingerprint density at radius 2 is 1.83 bits per heavy atom. The largest absolute Gasteiger partial charge is 0.480 e. The fourth-order valence-corrected chi connectivity index (χ4v) is 3.22. The summed E-state index contributed by atoms with van der Waals surface area (Å²) in [6.07, 6.45) is 8.86. The lowest BCUT2D eigenvalue weighted by atomic mass is 9.96. The highest BCUT2D eigenvalue weighted by molar-refractivity contribution is 5.81. The van der Waals surface area contributed by atoms with Gasteiger partial charge in [0.2, 0.25) is 0 Å². The summed E-state index contributed by atoms with van der Waals surface area (Å²) >= 11 is 0. The molecular weight excluding hydrogens is 286 g/mol. The monoisotopic (exact) mass is 317 g/mol. The van der Waals surface area contributed by atoms with E-state index in [1.54, 1.807) is 0 Å². The third-order valence-corrected chi connectivity index (χ3v) is 4.94. The number of carbonyl (C=O) groups is 1. The first-order chi connectivity index (χ1) is 11.1. The average molecular weight is 317 g/mol. The lowest BCUT2D eigenvalue weighted by molar-refractivity contribution is -0.129. The standard InChI is InChI=1S/C20H31NO2/c1-4-18(23-19-14-10-11-15(2)16(19)3)20(22)21-17-12-8-6-5-7-9-13-17/h10-11,14,17-18H,4-9,12-13H2,1-3H3,(H,21,22)/t18-/m1/s1. The number of rotatable bonds is 5. The van der Waals surface area contributed by atoms with Crippen LogP contribution in [-0.2, 0) is 4.79 Å². The van der Waals surface area contributed by atoms with Crippen LogP contribution in [0.3, 0.4) is 0 Å². The maximum Gasteiger partial charge on any atom is 0.261 e. The normalized spacial score (nSPS) is 17.9. The summed E-state index contributed by atoms with van der Waals surface area (Å²) in [5.74, 6) is 0.864. The van der Waals surface area contributed by atoms with Gasteiger partial charge >= 0.3 is 0 Å². The molecule has 0 unspecified atom stereocenters. The Kier molecular flexibility index (Phi) is 6.94. The maximum atomic E-state index is 12.6. The first-order valence-corrected chi connectivity index (χ1v) is 9.15. The van der Waals surface area contributed by atoms with E-state index in [0.717, 1.165) is 24.2 Å². The summed E-state index contributed by atoms with van der Waals surface area (Å²) in [6, 6.07) is 6.32. The highest BCUT2D eigenvalue weighted by atomic mass is 16.5. The molecule has 0 heterocycles. The minimum atomic E-state index is -0.402. The van der Waals surface area contributed by atoms with Crippen LogP contribution in [0.4, 0.5) is 0 Å². The van der Waals surface area contributed by atoms with Crippen molar-refractivity contribution in [3.8, 4) is 5.75 Å². The van der Waals surface area contributed by atoms with Gasteiger partial charge in [-0.2, -0.15) is 0 Å². The van der Waals surface area contributed by atoms with Gasteiger partial charge in [-0.05, 0) is 50.3 Å². The van der Waals surface area contributed by atoms with Gasteiger partial charge in [-0.15, -0.1) is 0 Å². The average Bonchev–Trinajstić information content (AvgIpc) is 2.51. The van der Waals surface area contributed by atoms with Crippen LogP contribution < -0.4 is 10.1 Å². The summed E-state index contributed by atoms with van der Waals surface area (Å²) in [5.41, 5.74) is 2.31. The van der Waals surface area contributed by atoms with Gasteiger partial charge in [0.15, 0.2) is 6.10 Å². The van der Waals surface area contributed by atoms with Crippen molar-refractivity contribution in [1.29, 1.82) is 0 Å². The molecule has 1 aromatic carbocycles. The molecule has 1 aliphatic carbocycles. The van der Waals surface area contributed by atoms with Crippen molar-refractivity contribution in [1.82, 2.24) is 5.32 Å². The SMILES string of the molecule is CC[C@@H](Oc1cccc(C)c1C)C(=O)NC1CCCCCCC1. The first-order valence-electron chi connectivity index (χ1n) is 9.15. The number of carbonyl (C=O) groups excluding carboxylic acids is 1. The Morgan fingerprint density at radius 3 is 2.48 bits per heavy atom.